The third kappa shape index (κ3) is 4.13. The molecular weight excluding hydrogens is 361 g/mol. The minimum atomic E-state index is -0.137. The zero-order chi connectivity index (χ0) is 19.6. The van der Waals surface area contributed by atoms with Gasteiger partial charge in [-0.1, -0.05) is 30.7 Å². The third-order valence-electron chi connectivity index (χ3n) is 7.08. The van der Waals surface area contributed by atoms with E-state index in [1.807, 2.05) is 12.1 Å². The summed E-state index contributed by atoms with van der Waals surface area (Å²) in [5.74, 6) is 0.712. The van der Waals surface area contributed by atoms with E-state index in [0.29, 0.717) is 6.17 Å². The summed E-state index contributed by atoms with van der Waals surface area (Å²) >= 11 is 0. The van der Waals surface area contributed by atoms with Crippen LogP contribution in [0.15, 0.2) is 42.5 Å². The molecule has 1 N–H and O–H groups in total. The minimum absolute atomic E-state index is 0.137. The van der Waals surface area contributed by atoms with Crippen LogP contribution in [0.1, 0.15) is 43.2 Å². The lowest BCUT2D eigenvalue weighted by atomic mass is 9.90. The molecule has 0 bridgehead atoms. The highest BCUT2D eigenvalue weighted by atomic mass is 19.1. The van der Waals surface area contributed by atoms with Gasteiger partial charge in [0.2, 0.25) is 0 Å². The van der Waals surface area contributed by atoms with Gasteiger partial charge in [0, 0.05) is 13.1 Å². The molecule has 0 aromatic heterocycles. The molecule has 3 heterocycles. The molecule has 2 aromatic rings. The smallest absolute Gasteiger partial charge is 0.123 e. The number of aryl methyl sites for hydroxylation is 2. The van der Waals surface area contributed by atoms with Gasteiger partial charge >= 0.3 is 0 Å². The minimum Gasteiger partial charge on any atom is -0.362 e. The molecule has 154 valence electrons. The Balaban J connectivity index is 1.08. The van der Waals surface area contributed by atoms with E-state index >= 15 is 0 Å². The van der Waals surface area contributed by atoms with Crippen LogP contribution in [0.3, 0.4) is 0 Å². The van der Waals surface area contributed by atoms with E-state index in [1.165, 1.54) is 80.7 Å². The maximum atomic E-state index is 13.0. The van der Waals surface area contributed by atoms with Crippen molar-refractivity contribution in [1.82, 2.24) is 4.90 Å². The number of likely N-dealkylation sites (tertiary alicyclic amines) is 1. The Bertz CT molecular complexity index is 826. The number of hydrogen-bond donors (Lipinski definition) is 1. The lowest BCUT2D eigenvalue weighted by molar-refractivity contribution is 0.171. The van der Waals surface area contributed by atoms with Crippen molar-refractivity contribution in [2.45, 2.75) is 51.1 Å². The standard InChI is InChI=1S/C25H32FN3/c26-22-11-9-19(10-12-22)4-1-5-20-13-16-28(17-14-20)18-24-27-23-8-2-6-21-7-3-15-29(24)25(21)23/h2,6,8-12,20,24,27H,1,3-5,7,13-18H2. The monoisotopic (exact) mass is 393 g/mol. The van der Waals surface area contributed by atoms with Crippen molar-refractivity contribution in [3.8, 4) is 0 Å². The van der Waals surface area contributed by atoms with E-state index < -0.39 is 0 Å². The van der Waals surface area contributed by atoms with Crippen LogP contribution in [0.5, 0.6) is 0 Å². The van der Waals surface area contributed by atoms with E-state index in [1.54, 1.807) is 12.1 Å². The number of para-hydroxylation sites is 1. The van der Waals surface area contributed by atoms with Gasteiger partial charge < -0.3 is 10.2 Å². The molecule has 4 heteroatoms. The molecule has 5 rings (SSSR count). The van der Waals surface area contributed by atoms with Crippen LogP contribution in [-0.2, 0) is 12.8 Å². The molecule has 0 spiro atoms. The summed E-state index contributed by atoms with van der Waals surface area (Å²) in [6.45, 7) is 4.74. The van der Waals surface area contributed by atoms with Gasteiger partial charge in [0.15, 0.2) is 0 Å². The van der Waals surface area contributed by atoms with Gasteiger partial charge in [-0.05, 0) is 86.9 Å². The van der Waals surface area contributed by atoms with Crippen LogP contribution in [0.4, 0.5) is 15.8 Å². The van der Waals surface area contributed by atoms with E-state index in [0.717, 1.165) is 18.9 Å². The van der Waals surface area contributed by atoms with Crippen molar-refractivity contribution in [2.75, 3.05) is 36.4 Å². The van der Waals surface area contributed by atoms with Crippen LogP contribution in [-0.4, -0.2) is 37.2 Å². The molecule has 2 aromatic carbocycles. The van der Waals surface area contributed by atoms with Gasteiger partial charge in [-0.3, -0.25) is 4.90 Å². The molecule has 1 saturated heterocycles. The molecule has 0 amide bonds. The molecule has 3 nitrogen and oxygen atoms in total. The fourth-order valence-electron chi connectivity index (χ4n) is 5.46. The van der Waals surface area contributed by atoms with Crippen LogP contribution < -0.4 is 10.2 Å². The number of nitrogens with zero attached hydrogens (tertiary/aromatic N) is 2. The molecule has 29 heavy (non-hydrogen) atoms. The van der Waals surface area contributed by atoms with E-state index in [2.05, 4.69) is 33.3 Å². The fraction of sp³-hybridized carbons (Fsp3) is 0.520. The van der Waals surface area contributed by atoms with Crippen LogP contribution in [0, 0.1) is 11.7 Å². The van der Waals surface area contributed by atoms with E-state index in [9.17, 15) is 4.39 Å². The first-order valence-corrected chi connectivity index (χ1v) is 11.4. The molecule has 0 aliphatic carbocycles. The summed E-state index contributed by atoms with van der Waals surface area (Å²) in [5, 5.41) is 3.79. The number of rotatable bonds is 6. The lowest BCUT2D eigenvalue weighted by Gasteiger charge is -2.37. The highest BCUT2D eigenvalue weighted by Crippen LogP contribution is 2.41. The predicted molar refractivity (Wildman–Crippen MR) is 118 cm³/mol. The fourth-order valence-corrected chi connectivity index (χ4v) is 5.46. The number of benzene rings is 2. The second kappa shape index (κ2) is 8.35. The van der Waals surface area contributed by atoms with Crippen molar-refractivity contribution in [3.05, 3.63) is 59.4 Å². The lowest BCUT2D eigenvalue weighted by Crippen LogP contribution is -2.48. The summed E-state index contributed by atoms with van der Waals surface area (Å²) in [6, 6.07) is 13.7. The first-order valence-electron chi connectivity index (χ1n) is 11.4. The summed E-state index contributed by atoms with van der Waals surface area (Å²) in [4.78, 5) is 5.28. The maximum Gasteiger partial charge on any atom is 0.123 e. The molecular formula is C25H32FN3. The summed E-state index contributed by atoms with van der Waals surface area (Å²) in [6.07, 6.45) is 9.13. The maximum absolute atomic E-state index is 13.0. The van der Waals surface area contributed by atoms with E-state index in [4.69, 9.17) is 0 Å². The number of nitrogens with one attached hydrogen (secondary N) is 1. The normalized spacial score (nSPS) is 21.8. The average Bonchev–Trinajstić information content (AvgIpc) is 3.10. The van der Waals surface area contributed by atoms with Crippen molar-refractivity contribution < 1.29 is 4.39 Å². The molecule has 1 atom stereocenters. The van der Waals surface area contributed by atoms with Crippen LogP contribution in [0.25, 0.3) is 0 Å². The number of piperidine rings is 1. The Kier molecular flexibility index (Phi) is 5.45. The molecule has 3 aliphatic heterocycles. The highest BCUT2D eigenvalue weighted by Gasteiger charge is 2.34. The molecule has 1 fully saturated rings. The molecule has 0 saturated carbocycles. The molecule has 3 aliphatic rings. The Labute approximate surface area is 173 Å². The second-order valence-electron chi connectivity index (χ2n) is 9.03. The van der Waals surface area contributed by atoms with Crippen molar-refractivity contribution >= 4 is 11.4 Å². The molecule has 1 unspecified atom stereocenters. The van der Waals surface area contributed by atoms with Crippen LogP contribution >= 0.6 is 0 Å². The van der Waals surface area contributed by atoms with Crippen LogP contribution in [0.2, 0.25) is 0 Å². The van der Waals surface area contributed by atoms with Gasteiger partial charge in [-0.15, -0.1) is 0 Å². The summed E-state index contributed by atoms with van der Waals surface area (Å²) in [5.41, 5.74) is 5.59. The second-order valence-corrected chi connectivity index (χ2v) is 9.03. The van der Waals surface area contributed by atoms with Gasteiger partial charge in [0.25, 0.3) is 0 Å². The Morgan fingerprint density at radius 3 is 2.66 bits per heavy atom. The largest absolute Gasteiger partial charge is 0.362 e. The van der Waals surface area contributed by atoms with Crippen molar-refractivity contribution in [3.63, 3.8) is 0 Å². The Morgan fingerprint density at radius 2 is 1.83 bits per heavy atom. The van der Waals surface area contributed by atoms with Crippen molar-refractivity contribution in [1.29, 1.82) is 0 Å². The predicted octanol–water partition coefficient (Wildman–Crippen LogP) is 5.06. The Morgan fingerprint density at radius 1 is 1.00 bits per heavy atom. The highest BCUT2D eigenvalue weighted by molar-refractivity contribution is 5.80. The van der Waals surface area contributed by atoms with Crippen molar-refractivity contribution in [2.24, 2.45) is 5.92 Å². The SMILES string of the molecule is Fc1ccc(CCCC2CCN(CC3Nc4cccc5c4N3CCC5)CC2)cc1. The first-order chi connectivity index (χ1) is 14.3. The van der Waals surface area contributed by atoms with Gasteiger partial charge in [0.05, 0.1) is 11.4 Å². The summed E-state index contributed by atoms with van der Waals surface area (Å²) < 4.78 is 13.0. The quantitative estimate of drug-likeness (QED) is 0.740. The number of anilines is 2. The van der Waals surface area contributed by atoms with E-state index in [-0.39, 0.29) is 5.82 Å². The molecule has 0 radical (unpaired) electrons. The zero-order valence-corrected chi connectivity index (χ0v) is 17.2. The number of hydrogen-bond acceptors (Lipinski definition) is 3. The van der Waals surface area contributed by atoms with Gasteiger partial charge in [-0.25, -0.2) is 4.39 Å². The average molecular weight is 394 g/mol. The topological polar surface area (TPSA) is 18.5 Å². The van der Waals surface area contributed by atoms with Gasteiger partial charge in [0.1, 0.15) is 12.0 Å². The summed E-state index contributed by atoms with van der Waals surface area (Å²) in [7, 11) is 0. The third-order valence-corrected chi connectivity index (χ3v) is 7.08. The Hall–Kier alpha value is -2.07. The zero-order valence-electron chi connectivity index (χ0n) is 17.2. The number of halogens is 1. The van der Waals surface area contributed by atoms with Gasteiger partial charge in [-0.2, -0.15) is 0 Å². The first kappa shape index (κ1) is 18.9.